The fraction of sp³-hybridized carbons (Fsp3) is 0.600. The molecule has 1 saturated heterocycles. The summed E-state index contributed by atoms with van der Waals surface area (Å²) in [5.74, 6) is 0.636. The fourth-order valence-electron chi connectivity index (χ4n) is 2.56. The van der Waals surface area contributed by atoms with Crippen molar-refractivity contribution in [2.75, 3.05) is 39.1 Å². The topological polar surface area (TPSA) is 24.5 Å². The maximum atomic E-state index is 13.1. The van der Waals surface area contributed by atoms with Gasteiger partial charge in [-0.15, -0.1) is 0 Å². The number of likely N-dealkylation sites (tertiary alicyclic amines) is 1. The number of hydrogen-bond acceptors (Lipinski definition) is 3. The molecule has 3 nitrogen and oxygen atoms in total. The molecule has 0 atom stereocenters. The van der Waals surface area contributed by atoms with E-state index < -0.39 is 11.7 Å². The highest BCUT2D eigenvalue weighted by Crippen LogP contribution is 2.37. The summed E-state index contributed by atoms with van der Waals surface area (Å²) in [6.07, 6.45) is -2.36. The van der Waals surface area contributed by atoms with Crippen molar-refractivity contribution >= 4 is 5.69 Å². The minimum atomic E-state index is -4.39. The van der Waals surface area contributed by atoms with Gasteiger partial charge in [-0.25, -0.2) is 0 Å². The van der Waals surface area contributed by atoms with Crippen LogP contribution in [0, 0.1) is 5.92 Å². The summed E-state index contributed by atoms with van der Waals surface area (Å²) in [5, 5.41) is 2.96. The summed E-state index contributed by atoms with van der Waals surface area (Å²) in [7, 11) is 3.43. The number of anilines is 1. The summed E-state index contributed by atoms with van der Waals surface area (Å²) in [6, 6.07) is 4.03. The number of nitrogens with zero attached hydrogens (tertiary/aromatic N) is 1. The zero-order valence-electron chi connectivity index (χ0n) is 12.3. The lowest BCUT2D eigenvalue weighted by molar-refractivity contribution is -0.137. The third-order valence-electron chi connectivity index (χ3n) is 3.95. The van der Waals surface area contributed by atoms with Gasteiger partial charge in [-0.1, -0.05) is 0 Å². The highest BCUT2D eigenvalue weighted by atomic mass is 19.4. The maximum Gasteiger partial charge on any atom is 0.418 e. The van der Waals surface area contributed by atoms with E-state index in [9.17, 15) is 13.2 Å². The average molecular weight is 302 g/mol. The molecule has 0 spiro atoms. The Labute approximate surface area is 123 Å². The third kappa shape index (κ3) is 4.27. The average Bonchev–Trinajstić information content (AvgIpc) is 2.45. The molecule has 0 amide bonds. The molecule has 1 N–H and O–H groups in total. The second kappa shape index (κ2) is 6.56. The van der Waals surface area contributed by atoms with Gasteiger partial charge in [0.05, 0.1) is 12.7 Å². The van der Waals surface area contributed by atoms with E-state index in [2.05, 4.69) is 17.3 Å². The van der Waals surface area contributed by atoms with Crippen molar-refractivity contribution in [2.45, 2.75) is 19.0 Å². The first kappa shape index (κ1) is 15.9. The fourth-order valence-corrected chi connectivity index (χ4v) is 2.56. The predicted octanol–water partition coefficient (Wildman–Crippen LogP) is 3.47. The molecule has 0 radical (unpaired) electrons. The number of halogens is 3. The molecule has 0 aliphatic carbocycles. The number of piperidine rings is 1. The molecule has 1 aliphatic rings. The Hall–Kier alpha value is -1.43. The molecular formula is C15H21F3N2O. The van der Waals surface area contributed by atoms with Gasteiger partial charge in [-0.3, -0.25) is 0 Å². The monoisotopic (exact) mass is 302 g/mol. The van der Waals surface area contributed by atoms with E-state index in [1.807, 2.05) is 0 Å². The first-order valence-electron chi connectivity index (χ1n) is 7.08. The van der Waals surface area contributed by atoms with Crippen LogP contribution in [-0.4, -0.2) is 38.7 Å². The van der Waals surface area contributed by atoms with E-state index in [0.29, 0.717) is 12.5 Å². The van der Waals surface area contributed by atoms with E-state index in [1.165, 1.54) is 13.2 Å². The predicted molar refractivity (Wildman–Crippen MR) is 76.7 cm³/mol. The number of methoxy groups -OCH3 is 1. The van der Waals surface area contributed by atoms with Crippen molar-refractivity contribution in [1.82, 2.24) is 4.90 Å². The molecular weight excluding hydrogens is 281 g/mol. The molecule has 1 aliphatic heterocycles. The number of nitrogens with one attached hydrogen (secondary N) is 1. The van der Waals surface area contributed by atoms with Gasteiger partial charge < -0.3 is 15.0 Å². The Morgan fingerprint density at radius 1 is 1.29 bits per heavy atom. The SMILES string of the molecule is COc1ccc(NCC2CCN(C)CC2)c(C(F)(F)F)c1. The maximum absolute atomic E-state index is 13.1. The number of benzene rings is 1. The second-order valence-corrected chi connectivity index (χ2v) is 5.54. The highest BCUT2D eigenvalue weighted by molar-refractivity contribution is 5.55. The number of alkyl halides is 3. The van der Waals surface area contributed by atoms with Crippen molar-refractivity contribution in [3.8, 4) is 5.75 Å². The molecule has 21 heavy (non-hydrogen) atoms. The molecule has 118 valence electrons. The third-order valence-corrected chi connectivity index (χ3v) is 3.95. The normalized spacial score (nSPS) is 17.8. The Kier molecular flexibility index (Phi) is 4.98. The van der Waals surface area contributed by atoms with Crippen LogP contribution >= 0.6 is 0 Å². The first-order valence-corrected chi connectivity index (χ1v) is 7.08. The molecule has 0 saturated carbocycles. The van der Waals surface area contributed by atoms with Crippen molar-refractivity contribution in [3.05, 3.63) is 23.8 Å². The van der Waals surface area contributed by atoms with Gasteiger partial charge in [0.15, 0.2) is 0 Å². The second-order valence-electron chi connectivity index (χ2n) is 5.54. The van der Waals surface area contributed by atoms with Crippen molar-refractivity contribution < 1.29 is 17.9 Å². The van der Waals surface area contributed by atoms with Crippen molar-refractivity contribution in [3.63, 3.8) is 0 Å². The lowest BCUT2D eigenvalue weighted by Gasteiger charge is -2.29. The lowest BCUT2D eigenvalue weighted by atomic mass is 9.97. The van der Waals surface area contributed by atoms with E-state index in [4.69, 9.17) is 4.74 Å². The minimum Gasteiger partial charge on any atom is -0.497 e. The standard InChI is InChI=1S/C15H21F3N2O/c1-20-7-5-11(6-8-20)10-19-14-4-3-12(21-2)9-13(14)15(16,17)18/h3-4,9,11,19H,5-8,10H2,1-2H3. The molecule has 6 heteroatoms. The number of hydrogen-bond donors (Lipinski definition) is 1. The van der Waals surface area contributed by atoms with Crippen LogP contribution in [0.3, 0.4) is 0 Å². The van der Waals surface area contributed by atoms with Crippen LogP contribution in [0.15, 0.2) is 18.2 Å². The summed E-state index contributed by atoms with van der Waals surface area (Å²) in [5.41, 5.74) is -0.544. The Morgan fingerprint density at radius 3 is 2.52 bits per heavy atom. The van der Waals surface area contributed by atoms with Crippen molar-refractivity contribution in [2.24, 2.45) is 5.92 Å². The Morgan fingerprint density at radius 2 is 1.95 bits per heavy atom. The summed E-state index contributed by atoms with van der Waals surface area (Å²) in [4.78, 5) is 2.24. The van der Waals surface area contributed by atoms with Crippen LogP contribution in [0.5, 0.6) is 5.75 Å². The van der Waals surface area contributed by atoms with Crippen LogP contribution in [-0.2, 0) is 6.18 Å². The largest absolute Gasteiger partial charge is 0.497 e. The highest BCUT2D eigenvalue weighted by Gasteiger charge is 2.34. The molecule has 1 heterocycles. The van der Waals surface area contributed by atoms with E-state index in [1.54, 1.807) is 6.07 Å². The van der Waals surface area contributed by atoms with Gasteiger partial charge in [0.25, 0.3) is 0 Å². The van der Waals surface area contributed by atoms with Gasteiger partial charge in [0, 0.05) is 12.2 Å². The van der Waals surface area contributed by atoms with Gasteiger partial charge in [-0.05, 0) is 57.1 Å². The molecule has 1 fully saturated rings. The molecule has 0 unspecified atom stereocenters. The number of rotatable bonds is 4. The van der Waals surface area contributed by atoms with E-state index >= 15 is 0 Å². The molecule has 1 aromatic carbocycles. The number of ether oxygens (including phenoxy) is 1. The lowest BCUT2D eigenvalue weighted by Crippen LogP contribution is -2.33. The Bertz CT molecular complexity index is 468. The summed E-state index contributed by atoms with van der Waals surface area (Å²) in [6.45, 7) is 2.57. The molecule has 2 rings (SSSR count). The van der Waals surface area contributed by atoms with Gasteiger partial charge in [0.2, 0.25) is 0 Å². The molecule has 0 bridgehead atoms. The van der Waals surface area contributed by atoms with Crippen molar-refractivity contribution in [1.29, 1.82) is 0 Å². The van der Waals surface area contributed by atoms with Crippen LogP contribution < -0.4 is 10.1 Å². The van der Waals surface area contributed by atoms with Gasteiger partial charge >= 0.3 is 6.18 Å². The minimum absolute atomic E-state index is 0.127. The molecule has 1 aromatic rings. The zero-order chi connectivity index (χ0) is 15.5. The van der Waals surface area contributed by atoms with Crippen LogP contribution in [0.2, 0.25) is 0 Å². The summed E-state index contributed by atoms with van der Waals surface area (Å²) < 4.78 is 44.1. The quantitative estimate of drug-likeness (QED) is 0.921. The summed E-state index contributed by atoms with van der Waals surface area (Å²) >= 11 is 0. The zero-order valence-corrected chi connectivity index (χ0v) is 12.3. The van der Waals surface area contributed by atoms with Gasteiger partial charge in [0.1, 0.15) is 5.75 Å². The van der Waals surface area contributed by atoms with E-state index in [-0.39, 0.29) is 11.4 Å². The van der Waals surface area contributed by atoms with Crippen LogP contribution in [0.25, 0.3) is 0 Å². The van der Waals surface area contributed by atoms with Crippen LogP contribution in [0.4, 0.5) is 18.9 Å². The van der Waals surface area contributed by atoms with E-state index in [0.717, 1.165) is 32.0 Å². The Balaban J connectivity index is 2.05. The van der Waals surface area contributed by atoms with Crippen LogP contribution in [0.1, 0.15) is 18.4 Å². The van der Waals surface area contributed by atoms with Gasteiger partial charge in [-0.2, -0.15) is 13.2 Å². The smallest absolute Gasteiger partial charge is 0.418 e. The first-order chi connectivity index (χ1) is 9.90. The molecule has 0 aromatic heterocycles.